The van der Waals surface area contributed by atoms with Crippen molar-refractivity contribution in [2.24, 2.45) is 16.7 Å². The number of carbonyl (C=O) groups is 1. The van der Waals surface area contributed by atoms with Gasteiger partial charge in [-0.3, -0.25) is 9.20 Å². The molecule has 0 N–H and O–H groups in total. The minimum Gasteiger partial charge on any atom is -0.299 e. The zero-order valence-corrected chi connectivity index (χ0v) is 12.0. The van der Waals surface area contributed by atoms with Crippen molar-refractivity contribution in [3.63, 3.8) is 0 Å². The highest BCUT2D eigenvalue weighted by Crippen LogP contribution is 2.68. The maximum absolute atomic E-state index is 12.4. The molecule has 0 aromatic carbocycles. The smallest absolute Gasteiger partial charge is 0.193 e. The molecule has 0 spiro atoms. The Morgan fingerprint density at radius 1 is 1.39 bits per heavy atom. The van der Waals surface area contributed by atoms with Crippen LogP contribution in [0.3, 0.4) is 0 Å². The molecule has 1 saturated carbocycles. The molecule has 0 saturated heterocycles. The van der Waals surface area contributed by atoms with Crippen molar-refractivity contribution in [2.75, 3.05) is 0 Å². The van der Waals surface area contributed by atoms with Crippen molar-refractivity contribution in [1.29, 1.82) is 0 Å². The summed E-state index contributed by atoms with van der Waals surface area (Å²) >= 11 is 1.60. The van der Waals surface area contributed by atoms with E-state index in [0.717, 1.165) is 10.7 Å². The molecule has 1 aliphatic rings. The fourth-order valence-electron chi connectivity index (χ4n) is 3.14. The van der Waals surface area contributed by atoms with Crippen LogP contribution < -0.4 is 0 Å². The van der Waals surface area contributed by atoms with Crippen LogP contribution in [-0.4, -0.2) is 15.2 Å². The third kappa shape index (κ3) is 1.48. The Labute approximate surface area is 111 Å². The van der Waals surface area contributed by atoms with E-state index in [1.807, 2.05) is 22.2 Å². The Morgan fingerprint density at radius 3 is 2.61 bits per heavy atom. The molecule has 3 nitrogen and oxygen atoms in total. The number of carbonyl (C=O) groups excluding carboxylic acids is 1. The van der Waals surface area contributed by atoms with Gasteiger partial charge in [-0.2, -0.15) is 0 Å². The van der Waals surface area contributed by atoms with Gasteiger partial charge in [-0.1, -0.05) is 27.7 Å². The summed E-state index contributed by atoms with van der Waals surface area (Å²) in [5.74, 6) is 0.500. The van der Waals surface area contributed by atoms with E-state index in [0.29, 0.717) is 12.2 Å². The summed E-state index contributed by atoms with van der Waals surface area (Å²) in [6, 6.07) is 0. The first-order valence-electron chi connectivity index (χ1n) is 6.28. The van der Waals surface area contributed by atoms with Crippen LogP contribution in [0.15, 0.2) is 17.8 Å². The Hall–Kier alpha value is -1.16. The predicted octanol–water partition coefficient (Wildman–Crippen LogP) is 3.19. The Morgan fingerprint density at radius 2 is 2.06 bits per heavy atom. The second-order valence-corrected chi connectivity index (χ2v) is 7.22. The van der Waals surface area contributed by atoms with Gasteiger partial charge in [-0.25, -0.2) is 4.98 Å². The Balaban J connectivity index is 1.78. The first kappa shape index (κ1) is 11.9. The number of rotatable bonds is 3. The summed E-state index contributed by atoms with van der Waals surface area (Å²) < 4.78 is 1.98. The van der Waals surface area contributed by atoms with Crippen molar-refractivity contribution in [3.05, 3.63) is 23.5 Å². The van der Waals surface area contributed by atoms with Crippen molar-refractivity contribution in [3.8, 4) is 0 Å². The van der Waals surface area contributed by atoms with Crippen molar-refractivity contribution >= 4 is 22.1 Å². The number of thiazole rings is 1. The van der Waals surface area contributed by atoms with Gasteiger partial charge in [0, 0.05) is 23.7 Å². The zero-order valence-electron chi connectivity index (χ0n) is 11.2. The molecule has 0 amide bonds. The van der Waals surface area contributed by atoms with Crippen molar-refractivity contribution in [2.45, 2.75) is 34.1 Å². The summed E-state index contributed by atoms with van der Waals surface area (Å²) in [6.07, 6.45) is 4.41. The van der Waals surface area contributed by atoms with Crippen LogP contribution in [-0.2, 0) is 11.2 Å². The number of aromatic nitrogens is 2. The van der Waals surface area contributed by atoms with Gasteiger partial charge in [0.1, 0.15) is 5.78 Å². The molecule has 2 aromatic heterocycles. The predicted molar refractivity (Wildman–Crippen MR) is 72.8 cm³/mol. The lowest BCUT2D eigenvalue weighted by Gasteiger charge is -2.03. The number of nitrogens with zero attached hydrogens (tertiary/aromatic N) is 2. The molecule has 0 radical (unpaired) electrons. The van der Waals surface area contributed by atoms with Gasteiger partial charge in [0.2, 0.25) is 0 Å². The lowest BCUT2D eigenvalue weighted by atomic mass is 10.0. The molecule has 4 heteroatoms. The first-order valence-corrected chi connectivity index (χ1v) is 7.16. The second kappa shape index (κ2) is 3.44. The van der Waals surface area contributed by atoms with E-state index in [-0.39, 0.29) is 16.7 Å². The highest BCUT2D eigenvalue weighted by atomic mass is 32.1. The zero-order chi connectivity index (χ0) is 13.1. The summed E-state index contributed by atoms with van der Waals surface area (Å²) in [5.41, 5.74) is 1.15. The molecule has 0 atom stereocenters. The molecule has 2 aromatic rings. The fourth-order valence-corrected chi connectivity index (χ4v) is 3.86. The van der Waals surface area contributed by atoms with Crippen LogP contribution in [0.2, 0.25) is 0 Å². The van der Waals surface area contributed by atoms with E-state index in [2.05, 4.69) is 32.7 Å². The van der Waals surface area contributed by atoms with Gasteiger partial charge >= 0.3 is 0 Å². The number of ketones is 1. The summed E-state index contributed by atoms with van der Waals surface area (Å²) in [6.45, 7) is 8.73. The highest BCUT2D eigenvalue weighted by molar-refractivity contribution is 7.15. The SMILES string of the molecule is CC1(C)C(C(=O)Cc2cn3ccsc3n2)C1(C)C. The average Bonchev–Trinajstić information content (AvgIpc) is 2.62. The number of imidazole rings is 1. The van der Waals surface area contributed by atoms with Gasteiger partial charge in [-0.05, 0) is 10.8 Å². The number of hydrogen-bond donors (Lipinski definition) is 0. The molecule has 0 aliphatic heterocycles. The van der Waals surface area contributed by atoms with Gasteiger partial charge in [0.25, 0.3) is 0 Å². The van der Waals surface area contributed by atoms with Crippen LogP contribution in [0, 0.1) is 16.7 Å². The van der Waals surface area contributed by atoms with Crippen LogP contribution in [0.4, 0.5) is 0 Å². The quantitative estimate of drug-likeness (QED) is 0.851. The molecule has 1 aliphatic carbocycles. The number of hydrogen-bond acceptors (Lipinski definition) is 3. The Bertz CT molecular complexity index is 578. The molecule has 3 rings (SSSR count). The van der Waals surface area contributed by atoms with Crippen molar-refractivity contribution < 1.29 is 4.79 Å². The molecule has 0 unspecified atom stereocenters. The van der Waals surface area contributed by atoms with Gasteiger partial charge in [0.05, 0.1) is 12.1 Å². The van der Waals surface area contributed by atoms with Gasteiger partial charge in [0.15, 0.2) is 4.96 Å². The van der Waals surface area contributed by atoms with Gasteiger partial charge in [-0.15, -0.1) is 11.3 Å². The van der Waals surface area contributed by atoms with Crippen LogP contribution >= 0.6 is 11.3 Å². The maximum atomic E-state index is 12.4. The topological polar surface area (TPSA) is 34.4 Å². The van der Waals surface area contributed by atoms with Crippen LogP contribution in [0.5, 0.6) is 0 Å². The molecule has 0 bridgehead atoms. The van der Waals surface area contributed by atoms with E-state index in [9.17, 15) is 4.79 Å². The van der Waals surface area contributed by atoms with E-state index < -0.39 is 0 Å². The highest BCUT2D eigenvalue weighted by Gasteiger charge is 2.67. The van der Waals surface area contributed by atoms with E-state index >= 15 is 0 Å². The molecule has 2 heterocycles. The second-order valence-electron chi connectivity index (χ2n) is 6.34. The monoisotopic (exact) mass is 262 g/mol. The van der Waals surface area contributed by atoms with E-state index in [1.165, 1.54) is 0 Å². The van der Waals surface area contributed by atoms with Crippen LogP contribution in [0.25, 0.3) is 4.96 Å². The maximum Gasteiger partial charge on any atom is 0.193 e. The molecule has 1 fully saturated rings. The molecule has 18 heavy (non-hydrogen) atoms. The lowest BCUT2D eigenvalue weighted by molar-refractivity contribution is -0.120. The van der Waals surface area contributed by atoms with E-state index in [4.69, 9.17) is 0 Å². The number of fused-ring (bicyclic) bond motifs is 1. The minimum absolute atomic E-state index is 0.126. The summed E-state index contributed by atoms with van der Waals surface area (Å²) in [4.78, 5) is 17.8. The van der Waals surface area contributed by atoms with E-state index in [1.54, 1.807) is 11.3 Å². The standard InChI is InChI=1S/C14H18N2OS/c1-13(2)11(14(13,3)4)10(17)7-9-8-16-5-6-18-12(16)15-9/h5-6,8,11H,7H2,1-4H3. The first-order chi connectivity index (χ1) is 8.34. The van der Waals surface area contributed by atoms with Crippen LogP contribution in [0.1, 0.15) is 33.4 Å². The third-order valence-electron chi connectivity index (χ3n) is 4.84. The number of Topliss-reactive ketones (excluding diaryl/α,β-unsaturated/α-hetero) is 1. The van der Waals surface area contributed by atoms with Crippen molar-refractivity contribution in [1.82, 2.24) is 9.38 Å². The largest absolute Gasteiger partial charge is 0.299 e. The molecule has 96 valence electrons. The summed E-state index contributed by atoms with van der Waals surface area (Å²) in [5, 5.41) is 2.00. The third-order valence-corrected chi connectivity index (χ3v) is 5.61. The average molecular weight is 262 g/mol. The summed E-state index contributed by atoms with van der Waals surface area (Å²) in [7, 11) is 0. The normalized spacial score (nSPS) is 21.3. The fraction of sp³-hybridized carbons (Fsp3) is 0.571. The lowest BCUT2D eigenvalue weighted by Crippen LogP contribution is -2.10. The van der Waals surface area contributed by atoms with Gasteiger partial charge < -0.3 is 0 Å². The minimum atomic E-state index is 0.126. The Kier molecular flexibility index (Phi) is 2.28. The molecular weight excluding hydrogens is 244 g/mol. The molecular formula is C14H18N2OS.